The fourth-order valence-corrected chi connectivity index (χ4v) is 2.55. The summed E-state index contributed by atoms with van der Waals surface area (Å²) < 4.78 is 5.80. The summed E-state index contributed by atoms with van der Waals surface area (Å²) in [4.78, 5) is 10.5. The normalized spacial score (nSPS) is 14.2. The Bertz CT molecular complexity index is 647. The molecule has 4 nitrogen and oxygen atoms in total. The summed E-state index contributed by atoms with van der Waals surface area (Å²) in [6.45, 7) is 2.82. The highest BCUT2D eigenvalue weighted by molar-refractivity contribution is 6.31. The average Bonchev–Trinajstić information content (AvgIpc) is 3.07. The topological polar surface area (TPSA) is 38.2 Å². The highest BCUT2D eigenvalue weighted by atomic mass is 35.5. The second-order valence-electron chi connectivity index (χ2n) is 5.26. The molecule has 0 bridgehead atoms. The van der Waals surface area contributed by atoms with Crippen molar-refractivity contribution >= 4 is 48.6 Å². The maximum atomic E-state index is 6.15. The predicted octanol–water partition coefficient (Wildman–Crippen LogP) is 4.58. The number of aromatic nitrogens is 2. The van der Waals surface area contributed by atoms with Crippen LogP contribution in [0.4, 0.5) is 0 Å². The Morgan fingerprint density at radius 2 is 1.83 bits per heavy atom. The van der Waals surface area contributed by atoms with E-state index in [1.807, 2.05) is 30.4 Å². The van der Waals surface area contributed by atoms with E-state index in [4.69, 9.17) is 16.3 Å². The molecule has 0 N–H and O–H groups in total. The number of hydrogen-bond donors (Lipinski definition) is 0. The molecule has 7 heteroatoms. The monoisotopic (exact) mass is 387 g/mol. The summed E-state index contributed by atoms with van der Waals surface area (Å²) in [5.41, 5.74) is 1.91. The van der Waals surface area contributed by atoms with Crippen LogP contribution in [0.5, 0.6) is 5.75 Å². The maximum Gasteiger partial charge on any atom is 0.142 e. The largest absolute Gasteiger partial charge is 0.477 e. The van der Waals surface area contributed by atoms with Crippen LogP contribution in [0.25, 0.3) is 12.2 Å². The zero-order valence-corrected chi connectivity index (χ0v) is 15.5. The van der Waals surface area contributed by atoms with E-state index in [-0.39, 0.29) is 24.8 Å². The standard InChI is InChI=1S/C17H18ClN3O.2ClH/c18-17-15(4-3-14-5-7-19-8-6-14)11-16(12-20-17)22-13-21-9-1-2-10-21;;/h3-8,11-12H,1-2,9-10,13H2;2*1H. The molecule has 24 heavy (non-hydrogen) atoms. The van der Waals surface area contributed by atoms with Crippen molar-refractivity contribution in [2.45, 2.75) is 12.8 Å². The van der Waals surface area contributed by atoms with Crippen LogP contribution in [0.3, 0.4) is 0 Å². The lowest BCUT2D eigenvalue weighted by Gasteiger charge is -2.15. The van der Waals surface area contributed by atoms with Crippen LogP contribution < -0.4 is 4.74 Å². The fraction of sp³-hybridized carbons (Fsp3) is 0.294. The van der Waals surface area contributed by atoms with E-state index < -0.39 is 0 Å². The first-order chi connectivity index (χ1) is 10.8. The third kappa shape index (κ3) is 5.95. The van der Waals surface area contributed by atoms with Crippen molar-refractivity contribution in [3.63, 3.8) is 0 Å². The van der Waals surface area contributed by atoms with Crippen LogP contribution in [0.1, 0.15) is 24.0 Å². The number of pyridine rings is 2. The van der Waals surface area contributed by atoms with Crippen LogP contribution in [0, 0.1) is 0 Å². The van der Waals surface area contributed by atoms with Gasteiger partial charge in [0.15, 0.2) is 0 Å². The quantitative estimate of drug-likeness (QED) is 0.703. The maximum absolute atomic E-state index is 6.15. The van der Waals surface area contributed by atoms with Crippen molar-refractivity contribution < 1.29 is 4.74 Å². The minimum atomic E-state index is 0. The summed E-state index contributed by atoms with van der Waals surface area (Å²) in [6.07, 6.45) is 11.6. The van der Waals surface area contributed by atoms with Gasteiger partial charge in [0.25, 0.3) is 0 Å². The van der Waals surface area contributed by atoms with E-state index in [1.165, 1.54) is 12.8 Å². The molecule has 0 atom stereocenters. The SMILES string of the molecule is Cl.Cl.Clc1ncc(OCN2CCCC2)cc1C=Cc1ccncc1. The first-order valence-corrected chi connectivity index (χ1v) is 7.78. The van der Waals surface area contributed by atoms with Crippen LogP contribution in [-0.2, 0) is 0 Å². The third-order valence-electron chi connectivity index (χ3n) is 3.62. The molecule has 0 aliphatic carbocycles. The summed E-state index contributed by atoms with van der Waals surface area (Å²) in [6, 6.07) is 5.79. The van der Waals surface area contributed by atoms with Gasteiger partial charge in [-0.2, -0.15) is 0 Å². The van der Waals surface area contributed by atoms with E-state index in [0.29, 0.717) is 11.9 Å². The van der Waals surface area contributed by atoms with Crippen LogP contribution in [-0.4, -0.2) is 34.7 Å². The average molecular weight is 389 g/mol. The van der Waals surface area contributed by atoms with Crippen molar-refractivity contribution in [3.8, 4) is 5.75 Å². The molecule has 0 radical (unpaired) electrons. The predicted molar refractivity (Wildman–Crippen MR) is 103 cm³/mol. The van der Waals surface area contributed by atoms with Crippen molar-refractivity contribution in [2.75, 3.05) is 19.8 Å². The number of ether oxygens (including phenoxy) is 1. The summed E-state index contributed by atoms with van der Waals surface area (Å²) in [7, 11) is 0. The van der Waals surface area contributed by atoms with E-state index in [9.17, 15) is 0 Å². The Morgan fingerprint density at radius 1 is 1.12 bits per heavy atom. The molecule has 0 aromatic carbocycles. The Morgan fingerprint density at radius 3 is 2.54 bits per heavy atom. The molecule has 3 heterocycles. The molecule has 2 aromatic rings. The smallest absolute Gasteiger partial charge is 0.142 e. The van der Waals surface area contributed by atoms with Crippen molar-refractivity contribution in [1.82, 2.24) is 14.9 Å². The van der Waals surface area contributed by atoms with E-state index >= 15 is 0 Å². The highest BCUT2D eigenvalue weighted by Crippen LogP contribution is 2.22. The minimum absolute atomic E-state index is 0. The number of halogens is 3. The third-order valence-corrected chi connectivity index (χ3v) is 3.93. The van der Waals surface area contributed by atoms with Gasteiger partial charge < -0.3 is 4.74 Å². The Hall–Kier alpha value is -1.33. The first-order valence-electron chi connectivity index (χ1n) is 7.40. The van der Waals surface area contributed by atoms with Crippen LogP contribution in [0.2, 0.25) is 5.15 Å². The molecular weight excluding hydrogens is 369 g/mol. The van der Waals surface area contributed by atoms with Gasteiger partial charge >= 0.3 is 0 Å². The molecular formula is C17H20Cl3N3O. The van der Waals surface area contributed by atoms with Gasteiger partial charge in [0, 0.05) is 31.0 Å². The first kappa shape index (κ1) is 20.7. The van der Waals surface area contributed by atoms with Crippen molar-refractivity contribution in [2.24, 2.45) is 0 Å². The molecule has 0 spiro atoms. The number of rotatable bonds is 5. The van der Waals surface area contributed by atoms with Gasteiger partial charge in [-0.15, -0.1) is 24.8 Å². The van der Waals surface area contributed by atoms with Gasteiger partial charge in [-0.1, -0.05) is 23.8 Å². The molecule has 0 unspecified atom stereocenters. The minimum Gasteiger partial charge on any atom is -0.477 e. The molecule has 0 saturated carbocycles. The van der Waals surface area contributed by atoms with E-state index in [0.717, 1.165) is 30.0 Å². The highest BCUT2D eigenvalue weighted by Gasteiger charge is 2.11. The molecule has 0 amide bonds. The molecule has 1 saturated heterocycles. The van der Waals surface area contributed by atoms with Gasteiger partial charge in [0.05, 0.1) is 6.20 Å². The molecule has 1 aliphatic rings. The lowest BCUT2D eigenvalue weighted by molar-refractivity contribution is 0.151. The summed E-state index contributed by atoms with van der Waals surface area (Å²) in [5, 5.41) is 0.471. The van der Waals surface area contributed by atoms with Crippen molar-refractivity contribution in [3.05, 3.63) is 53.1 Å². The second kappa shape index (κ2) is 10.5. The zero-order chi connectivity index (χ0) is 15.2. The lowest BCUT2D eigenvalue weighted by Crippen LogP contribution is -2.24. The lowest BCUT2D eigenvalue weighted by atomic mass is 10.2. The van der Waals surface area contributed by atoms with Gasteiger partial charge in [0.1, 0.15) is 17.6 Å². The summed E-state index contributed by atoms with van der Waals surface area (Å²) >= 11 is 6.15. The van der Waals surface area contributed by atoms with Gasteiger partial charge in [-0.05, 0) is 36.6 Å². The van der Waals surface area contributed by atoms with Crippen LogP contribution in [0.15, 0.2) is 36.8 Å². The molecule has 1 aliphatic heterocycles. The van der Waals surface area contributed by atoms with E-state index in [2.05, 4.69) is 14.9 Å². The Labute approximate surface area is 159 Å². The number of hydrogen-bond acceptors (Lipinski definition) is 4. The molecule has 1 fully saturated rings. The Kier molecular flexibility index (Phi) is 9.08. The molecule has 2 aromatic heterocycles. The molecule has 130 valence electrons. The number of likely N-dealkylation sites (tertiary alicyclic amines) is 1. The van der Waals surface area contributed by atoms with Gasteiger partial charge in [-0.3, -0.25) is 9.88 Å². The second-order valence-corrected chi connectivity index (χ2v) is 5.62. The van der Waals surface area contributed by atoms with E-state index in [1.54, 1.807) is 18.6 Å². The Balaban J connectivity index is 0.00000144. The summed E-state index contributed by atoms with van der Waals surface area (Å²) in [5.74, 6) is 0.741. The van der Waals surface area contributed by atoms with Gasteiger partial charge in [0.2, 0.25) is 0 Å². The molecule has 3 rings (SSSR count). The van der Waals surface area contributed by atoms with Crippen molar-refractivity contribution in [1.29, 1.82) is 0 Å². The van der Waals surface area contributed by atoms with Gasteiger partial charge in [-0.25, -0.2) is 4.98 Å². The number of nitrogens with zero attached hydrogens (tertiary/aromatic N) is 3. The zero-order valence-electron chi connectivity index (χ0n) is 13.1. The van der Waals surface area contributed by atoms with Crippen LogP contribution >= 0.6 is 36.4 Å². The fourth-order valence-electron chi connectivity index (χ4n) is 2.38.